The summed E-state index contributed by atoms with van der Waals surface area (Å²) in [5.41, 5.74) is 3.29. The maximum atomic E-state index is 14.8. The van der Waals surface area contributed by atoms with Crippen molar-refractivity contribution < 1.29 is 9.67 Å². The van der Waals surface area contributed by atoms with Gasteiger partial charge < -0.3 is 19.5 Å². The molecule has 0 aliphatic carbocycles. The minimum absolute atomic E-state index is 0.677. The molecule has 6 heteroatoms. The maximum absolute atomic E-state index is 14.8. The molecule has 1 aliphatic rings. The molecular weight excluding hydrogens is 369 g/mol. The molecule has 0 amide bonds. The molecule has 0 spiro atoms. The minimum atomic E-state index is -3.19. The van der Waals surface area contributed by atoms with Crippen LogP contribution in [0.2, 0.25) is 0 Å². The van der Waals surface area contributed by atoms with Gasteiger partial charge in [0.1, 0.15) is 6.10 Å². The van der Waals surface area contributed by atoms with Gasteiger partial charge in [0.25, 0.3) is 0 Å². The molecule has 0 saturated heterocycles. The van der Waals surface area contributed by atoms with Crippen LogP contribution < -0.4 is 25.7 Å². The Hall–Kier alpha value is -2.62. The summed E-state index contributed by atoms with van der Waals surface area (Å²) >= 11 is 0. The molecular formula is C22H24N3O2P. The van der Waals surface area contributed by atoms with E-state index in [0.717, 1.165) is 11.4 Å². The summed E-state index contributed by atoms with van der Waals surface area (Å²) < 4.78 is 14.8. The predicted octanol–water partition coefficient (Wildman–Crippen LogP) is 2.25. The molecule has 2 aromatic carbocycles. The fourth-order valence-corrected chi connectivity index (χ4v) is 6.83. The van der Waals surface area contributed by atoms with Gasteiger partial charge in [0.05, 0.1) is 0 Å². The number of aliphatic hydroxyl groups excluding tert-OH is 1. The van der Waals surface area contributed by atoms with Crippen LogP contribution in [-0.2, 0) is 4.57 Å². The number of aliphatic hydroxyl groups is 1. The van der Waals surface area contributed by atoms with E-state index in [1.54, 1.807) is 12.4 Å². The highest BCUT2D eigenvalue weighted by molar-refractivity contribution is 7.85. The third-order valence-electron chi connectivity index (χ3n) is 5.34. The lowest BCUT2D eigenvalue weighted by Crippen LogP contribution is -2.36. The Morgan fingerprint density at radius 3 is 1.86 bits per heavy atom. The monoisotopic (exact) mass is 393 g/mol. The highest BCUT2D eigenvalue weighted by atomic mass is 31.2. The van der Waals surface area contributed by atoms with Crippen LogP contribution in [0.4, 0.5) is 11.4 Å². The molecule has 0 saturated carbocycles. The van der Waals surface area contributed by atoms with Gasteiger partial charge in [0, 0.05) is 67.9 Å². The Morgan fingerprint density at radius 2 is 1.43 bits per heavy atom. The Bertz CT molecular complexity index is 1020. The predicted molar refractivity (Wildman–Crippen MR) is 116 cm³/mol. The number of anilines is 2. The molecule has 0 unspecified atom stereocenters. The van der Waals surface area contributed by atoms with Crippen molar-refractivity contribution in [3.63, 3.8) is 0 Å². The molecule has 1 aliphatic heterocycles. The SMILES string of the molecule is CN(C)c1ccc2c(c1)P(=O)(c1cccnc1)c1cc(N(C)C)ccc1C2O. The standard InChI is InChI=1S/C22H24N3O2P/c1-24(2)15-7-9-18-20(12-15)28(27,17-6-5-11-23-14-17)21-13-16(25(3)4)8-10-19(21)22(18)26/h5-14,22,26H,1-4H3. The summed E-state index contributed by atoms with van der Waals surface area (Å²) in [6, 6.07) is 15.2. The van der Waals surface area contributed by atoms with Crippen LogP contribution in [0, 0.1) is 0 Å². The van der Waals surface area contributed by atoms with E-state index in [-0.39, 0.29) is 0 Å². The zero-order chi connectivity index (χ0) is 20.1. The second-order valence-electron chi connectivity index (χ2n) is 7.50. The first-order chi connectivity index (χ1) is 13.3. The Labute approximate surface area is 165 Å². The summed E-state index contributed by atoms with van der Waals surface area (Å²) in [5, 5.41) is 13.1. The van der Waals surface area contributed by atoms with Crippen LogP contribution >= 0.6 is 7.14 Å². The third kappa shape index (κ3) is 2.74. The molecule has 0 fully saturated rings. The first kappa shape index (κ1) is 18.7. The van der Waals surface area contributed by atoms with E-state index in [1.165, 1.54) is 0 Å². The van der Waals surface area contributed by atoms with Gasteiger partial charge in [-0.15, -0.1) is 0 Å². The number of nitrogens with zero attached hydrogens (tertiary/aromatic N) is 3. The van der Waals surface area contributed by atoms with Crippen molar-refractivity contribution in [3.05, 3.63) is 72.1 Å². The van der Waals surface area contributed by atoms with Gasteiger partial charge in [-0.3, -0.25) is 4.98 Å². The first-order valence-corrected chi connectivity index (χ1v) is 10.9. The Balaban J connectivity index is 2.09. The zero-order valence-corrected chi connectivity index (χ0v) is 17.4. The summed E-state index contributed by atoms with van der Waals surface area (Å²) in [5.74, 6) is 0. The van der Waals surface area contributed by atoms with Gasteiger partial charge in [-0.25, -0.2) is 0 Å². The summed E-state index contributed by atoms with van der Waals surface area (Å²) in [6.45, 7) is 0. The van der Waals surface area contributed by atoms with Crippen molar-refractivity contribution in [2.45, 2.75) is 6.10 Å². The molecule has 0 atom stereocenters. The van der Waals surface area contributed by atoms with Crippen LogP contribution in [-0.4, -0.2) is 38.3 Å². The van der Waals surface area contributed by atoms with E-state index in [9.17, 15) is 9.67 Å². The van der Waals surface area contributed by atoms with Crippen LogP contribution in [0.5, 0.6) is 0 Å². The van der Waals surface area contributed by atoms with Crippen molar-refractivity contribution in [2.24, 2.45) is 0 Å². The third-order valence-corrected chi connectivity index (χ3v) is 8.46. The minimum Gasteiger partial charge on any atom is -0.384 e. The maximum Gasteiger partial charge on any atom is 0.173 e. The molecule has 1 N–H and O–H groups in total. The molecule has 3 aromatic rings. The molecule has 0 radical (unpaired) electrons. The van der Waals surface area contributed by atoms with Crippen molar-refractivity contribution in [1.82, 2.24) is 4.98 Å². The fraction of sp³-hybridized carbons (Fsp3) is 0.227. The van der Waals surface area contributed by atoms with Crippen molar-refractivity contribution in [1.29, 1.82) is 0 Å². The van der Waals surface area contributed by atoms with Crippen molar-refractivity contribution in [3.8, 4) is 0 Å². The van der Waals surface area contributed by atoms with Gasteiger partial charge in [0.2, 0.25) is 0 Å². The molecule has 5 nitrogen and oxygen atoms in total. The molecule has 4 rings (SSSR count). The van der Waals surface area contributed by atoms with Gasteiger partial charge in [-0.1, -0.05) is 12.1 Å². The lowest BCUT2D eigenvalue weighted by atomic mass is 9.99. The van der Waals surface area contributed by atoms with E-state index in [1.807, 2.05) is 86.5 Å². The van der Waals surface area contributed by atoms with E-state index >= 15 is 0 Å². The Kier molecular flexibility index (Phi) is 4.53. The number of hydrogen-bond donors (Lipinski definition) is 1. The smallest absolute Gasteiger partial charge is 0.173 e. The molecule has 1 aromatic heterocycles. The van der Waals surface area contributed by atoms with E-state index in [4.69, 9.17) is 0 Å². The zero-order valence-electron chi connectivity index (χ0n) is 16.5. The second-order valence-corrected chi connectivity index (χ2v) is 10.2. The molecule has 144 valence electrons. The van der Waals surface area contributed by atoms with E-state index in [0.29, 0.717) is 27.0 Å². The lowest BCUT2D eigenvalue weighted by Gasteiger charge is -2.33. The van der Waals surface area contributed by atoms with Gasteiger partial charge in [-0.05, 0) is 47.5 Å². The summed E-state index contributed by atoms with van der Waals surface area (Å²) in [4.78, 5) is 8.19. The van der Waals surface area contributed by atoms with Crippen LogP contribution in [0.15, 0.2) is 60.9 Å². The topological polar surface area (TPSA) is 56.7 Å². The first-order valence-electron chi connectivity index (χ1n) is 9.16. The van der Waals surface area contributed by atoms with Crippen molar-refractivity contribution in [2.75, 3.05) is 38.0 Å². The number of pyridine rings is 1. The Morgan fingerprint density at radius 1 is 0.893 bits per heavy atom. The van der Waals surface area contributed by atoms with E-state index < -0.39 is 13.2 Å². The number of rotatable bonds is 3. The number of benzene rings is 2. The quantitative estimate of drug-likeness (QED) is 0.692. The highest BCUT2D eigenvalue weighted by Crippen LogP contribution is 2.51. The lowest BCUT2D eigenvalue weighted by molar-refractivity contribution is 0.222. The van der Waals surface area contributed by atoms with Gasteiger partial charge in [-0.2, -0.15) is 0 Å². The highest BCUT2D eigenvalue weighted by Gasteiger charge is 2.41. The average molecular weight is 393 g/mol. The second kappa shape index (κ2) is 6.77. The normalized spacial score (nSPS) is 20.2. The van der Waals surface area contributed by atoms with Crippen LogP contribution in [0.25, 0.3) is 0 Å². The van der Waals surface area contributed by atoms with E-state index in [2.05, 4.69) is 4.98 Å². The van der Waals surface area contributed by atoms with Gasteiger partial charge in [0.15, 0.2) is 7.14 Å². The molecule has 28 heavy (non-hydrogen) atoms. The van der Waals surface area contributed by atoms with Crippen LogP contribution in [0.1, 0.15) is 17.2 Å². The molecule has 2 heterocycles. The number of fused-ring (bicyclic) bond motifs is 2. The average Bonchev–Trinajstić information content (AvgIpc) is 2.71. The van der Waals surface area contributed by atoms with Crippen molar-refractivity contribution >= 4 is 34.4 Å². The van der Waals surface area contributed by atoms with Gasteiger partial charge >= 0.3 is 0 Å². The largest absolute Gasteiger partial charge is 0.384 e. The summed E-state index contributed by atoms with van der Waals surface area (Å²) in [7, 11) is 4.62. The summed E-state index contributed by atoms with van der Waals surface area (Å²) in [6.07, 6.45) is 2.55. The molecule has 0 bridgehead atoms. The van der Waals surface area contributed by atoms with Crippen LogP contribution in [0.3, 0.4) is 0 Å². The fourth-order valence-electron chi connectivity index (χ4n) is 3.74. The number of aromatic nitrogens is 1. The number of hydrogen-bond acceptors (Lipinski definition) is 5.